The van der Waals surface area contributed by atoms with Crippen LogP contribution in [0.4, 0.5) is 4.39 Å². The van der Waals surface area contributed by atoms with Gasteiger partial charge in [0.05, 0.1) is 5.69 Å². The second-order valence-corrected chi connectivity index (χ2v) is 7.21. The molecule has 0 spiro atoms. The highest BCUT2D eigenvalue weighted by atomic mass is 19.1. The van der Waals surface area contributed by atoms with Gasteiger partial charge in [0.1, 0.15) is 5.82 Å². The van der Waals surface area contributed by atoms with E-state index >= 15 is 0 Å². The molecule has 5 heteroatoms. The molecule has 4 nitrogen and oxygen atoms in total. The predicted molar refractivity (Wildman–Crippen MR) is 96.2 cm³/mol. The first-order valence-corrected chi connectivity index (χ1v) is 9.26. The van der Waals surface area contributed by atoms with Crippen LogP contribution < -0.4 is 0 Å². The molecular formula is C20H26FN3O. The Hall–Kier alpha value is -1.69. The summed E-state index contributed by atoms with van der Waals surface area (Å²) in [4.78, 5) is 5.06. The maximum absolute atomic E-state index is 14.2. The number of rotatable bonds is 5. The van der Waals surface area contributed by atoms with Gasteiger partial charge in [-0.3, -0.25) is 9.80 Å². The summed E-state index contributed by atoms with van der Waals surface area (Å²) in [5.74, 6) is -0.201. The number of hydrogen-bond donors (Lipinski definition) is 1. The minimum Gasteiger partial charge on any atom is -0.396 e. The van der Waals surface area contributed by atoms with Gasteiger partial charge in [-0.05, 0) is 50.1 Å². The molecule has 2 aliphatic heterocycles. The molecule has 25 heavy (non-hydrogen) atoms. The van der Waals surface area contributed by atoms with Gasteiger partial charge in [0.15, 0.2) is 0 Å². The van der Waals surface area contributed by atoms with E-state index in [0.717, 1.165) is 31.7 Å². The number of fused-ring (bicyclic) bond motifs is 1. The van der Waals surface area contributed by atoms with Gasteiger partial charge in [-0.2, -0.15) is 0 Å². The Morgan fingerprint density at radius 3 is 2.84 bits per heavy atom. The van der Waals surface area contributed by atoms with Crippen molar-refractivity contribution in [2.24, 2.45) is 0 Å². The van der Waals surface area contributed by atoms with E-state index in [-0.39, 0.29) is 12.4 Å². The van der Waals surface area contributed by atoms with Crippen molar-refractivity contribution < 1.29 is 9.50 Å². The van der Waals surface area contributed by atoms with Crippen LogP contribution in [0, 0.1) is 5.82 Å². The van der Waals surface area contributed by atoms with Crippen LogP contribution in [-0.2, 0) is 6.54 Å². The van der Waals surface area contributed by atoms with Gasteiger partial charge in [-0.1, -0.05) is 12.1 Å². The largest absolute Gasteiger partial charge is 0.396 e. The molecular weight excluding hydrogens is 317 g/mol. The lowest BCUT2D eigenvalue weighted by Crippen LogP contribution is -2.55. The highest BCUT2D eigenvalue weighted by Crippen LogP contribution is 2.28. The van der Waals surface area contributed by atoms with Gasteiger partial charge in [0.2, 0.25) is 0 Å². The minimum absolute atomic E-state index is 0.201. The molecule has 2 aromatic rings. The van der Waals surface area contributed by atoms with Crippen LogP contribution in [-0.4, -0.2) is 57.8 Å². The van der Waals surface area contributed by atoms with Gasteiger partial charge in [-0.15, -0.1) is 0 Å². The van der Waals surface area contributed by atoms with Crippen molar-refractivity contribution in [3.63, 3.8) is 0 Å². The van der Waals surface area contributed by atoms with Crippen LogP contribution >= 0.6 is 0 Å². The van der Waals surface area contributed by atoms with E-state index in [0.29, 0.717) is 17.8 Å². The molecule has 0 radical (unpaired) electrons. The minimum atomic E-state index is -0.201. The molecule has 134 valence electrons. The summed E-state index contributed by atoms with van der Waals surface area (Å²) >= 11 is 0. The van der Waals surface area contributed by atoms with Gasteiger partial charge in [0, 0.05) is 50.2 Å². The Labute approximate surface area is 148 Å². The first kappa shape index (κ1) is 16.8. The zero-order chi connectivity index (χ0) is 17.2. The Bertz CT molecular complexity index is 716. The standard InChI is InChI=1S/C20H26FN3O/c21-19-7-1-2-8-20(19)24-11-4-6-18(24)15-23-14-16-5-3-10-22(16)13-17(23)9-12-25/h1-2,4,6-8,11,16-17,25H,3,5,9-10,12-15H2/t16-,17+/m1/s1. The van der Waals surface area contributed by atoms with Crippen LogP contribution in [0.3, 0.4) is 0 Å². The molecule has 1 aromatic heterocycles. The van der Waals surface area contributed by atoms with Gasteiger partial charge in [-0.25, -0.2) is 4.39 Å². The zero-order valence-corrected chi connectivity index (χ0v) is 14.5. The lowest BCUT2D eigenvalue weighted by atomic mass is 10.0. The molecule has 0 amide bonds. The van der Waals surface area contributed by atoms with Crippen LogP contribution in [0.15, 0.2) is 42.6 Å². The summed E-state index contributed by atoms with van der Waals surface area (Å²) in [6, 6.07) is 12.0. The summed E-state index contributed by atoms with van der Waals surface area (Å²) in [6.45, 7) is 4.26. The number of benzene rings is 1. The first-order valence-electron chi connectivity index (χ1n) is 9.26. The highest BCUT2D eigenvalue weighted by molar-refractivity contribution is 5.36. The highest BCUT2D eigenvalue weighted by Gasteiger charge is 2.36. The molecule has 0 saturated carbocycles. The second-order valence-electron chi connectivity index (χ2n) is 7.21. The van der Waals surface area contributed by atoms with E-state index in [4.69, 9.17) is 0 Å². The van der Waals surface area contributed by atoms with Crippen molar-refractivity contribution in [2.75, 3.05) is 26.2 Å². The number of hydrogen-bond acceptors (Lipinski definition) is 3. The number of para-hydroxylation sites is 1. The fraction of sp³-hybridized carbons (Fsp3) is 0.500. The van der Waals surface area contributed by atoms with Crippen LogP contribution in [0.2, 0.25) is 0 Å². The third-order valence-corrected chi connectivity index (χ3v) is 5.68. The molecule has 2 aliphatic rings. The molecule has 0 bridgehead atoms. The second kappa shape index (κ2) is 7.28. The number of piperazine rings is 1. The summed E-state index contributed by atoms with van der Waals surface area (Å²) in [5, 5.41) is 9.47. The van der Waals surface area contributed by atoms with E-state index in [1.807, 2.05) is 29.0 Å². The van der Waals surface area contributed by atoms with E-state index < -0.39 is 0 Å². The molecule has 4 rings (SSSR count). The lowest BCUT2D eigenvalue weighted by Gasteiger charge is -2.43. The van der Waals surface area contributed by atoms with Crippen LogP contribution in [0.5, 0.6) is 0 Å². The summed E-state index contributed by atoms with van der Waals surface area (Å²) < 4.78 is 16.2. The average molecular weight is 343 g/mol. The molecule has 0 unspecified atom stereocenters. The third kappa shape index (κ3) is 3.36. The van der Waals surface area contributed by atoms with E-state index in [1.54, 1.807) is 6.07 Å². The van der Waals surface area contributed by atoms with Crippen LogP contribution in [0.1, 0.15) is 25.0 Å². The zero-order valence-electron chi connectivity index (χ0n) is 14.5. The maximum Gasteiger partial charge on any atom is 0.147 e. The number of nitrogens with zero attached hydrogens (tertiary/aromatic N) is 3. The number of halogens is 1. The normalized spacial score (nSPS) is 24.6. The Kier molecular flexibility index (Phi) is 4.88. The van der Waals surface area contributed by atoms with Crippen molar-refractivity contribution in [3.05, 3.63) is 54.1 Å². The van der Waals surface area contributed by atoms with E-state index in [2.05, 4.69) is 15.9 Å². The van der Waals surface area contributed by atoms with Gasteiger partial charge >= 0.3 is 0 Å². The van der Waals surface area contributed by atoms with Crippen molar-refractivity contribution >= 4 is 0 Å². The Morgan fingerprint density at radius 1 is 1.12 bits per heavy atom. The summed E-state index contributed by atoms with van der Waals surface area (Å²) in [5.41, 5.74) is 1.69. The molecule has 3 heterocycles. The van der Waals surface area contributed by atoms with Gasteiger partial charge in [0.25, 0.3) is 0 Å². The summed E-state index contributed by atoms with van der Waals surface area (Å²) in [6.07, 6.45) is 5.26. The van der Waals surface area contributed by atoms with Gasteiger partial charge < -0.3 is 9.67 Å². The number of aromatic nitrogens is 1. The quantitative estimate of drug-likeness (QED) is 0.906. The number of aliphatic hydroxyl groups is 1. The monoisotopic (exact) mass is 343 g/mol. The lowest BCUT2D eigenvalue weighted by molar-refractivity contribution is 0.0323. The van der Waals surface area contributed by atoms with Crippen molar-refractivity contribution in [2.45, 2.75) is 37.9 Å². The fourth-order valence-corrected chi connectivity index (χ4v) is 4.40. The van der Waals surface area contributed by atoms with Crippen molar-refractivity contribution in [1.29, 1.82) is 0 Å². The molecule has 2 atom stereocenters. The van der Waals surface area contributed by atoms with E-state index in [1.165, 1.54) is 25.5 Å². The molecule has 2 saturated heterocycles. The molecule has 0 aliphatic carbocycles. The molecule has 1 N–H and O–H groups in total. The fourth-order valence-electron chi connectivity index (χ4n) is 4.40. The topological polar surface area (TPSA) is 31.6 Å². The Balaban J connectivity index is 1.57. The SMILES string of the molecule is OCC[C@H]1CN2CCC[C@@H]2CN1Cc1cccn1-c1ccccc1F. The van der Waals surface area contributed by atoms with Crippen molar-refractivity contribution in [1.82, 2.24) is 14.4 Å². The Morgan fingerprint density at radius 2 is 2.00 bits per heavy atom. The first-order chi connectivity index (χ1) is 12.3. The van der Waals surface area contributed by atoms with E-state index in [9.17, 15) is 9.50 Å². The smallest absolute Gasteiger partial charge is 0.147 e. The maximum atomic E-state index is 14.2. The molecule has 2 fully saturated rings. The van der Waals surface area contributed by atoms with Crippen LogP contribution in [0.25, 0.3) is 5.69 Å². The molecule has 1 aromatic carbocycles. The average Bonchev–Trinajstić information content (AvgIpc) is 3.25. The predicted octanol–water partition coefficient (Wildman–Crippen LogP) is 2.65. The number of aliphatic hydroxyl groups excluding tert-OH is 1. The summed E-state index contributed by atoms with van der Waals surface area (Å²) in [7, 11) is 0. The van der Waals surface area contributed by atoms with Crippen molar-refractivity contribution in [3.8, 4) is 5.69 Å². The third-order valence-electron chi connectivity index (χ3n) is 5.68.